The molecule has 1 aromatic carbocycles. The summed E-state index contributed by atoms with van der Waals surface area (Å²) in [6, 6.07) is 7.27. The van der Waals surface area contributed by atoms with Crippen LogP contribution in [0.3, 0.4) is 0 Å². The molecule has 0 amide bonds. The van der Waals surface area contributed by atoms with E-state index in [4.69, 9.17) is 14.2 Å². The zero-order chi connectivity index (χ0) is 19.5. The molecule has 5 nitrogen and oxygen atoms in total. The lowest BCUT2D eigenvalue weighted by Gasteiger charge is -2.23. The molecule has 0 aliphatic heterocycles. The molecule has 0 bridgehead atoms. The molecule has 1 aliphatic rings. The molecule has 0 spiro atoms. The molecule has 1 aliphatic carbocycles. The normalized spacial score (nSPS) is 16.5. The average Bonchev–Trinajstić information content (AvgIpc) is 2.69. The Morgan fingerprint density at radius 2 is 1.81 bits per heavy atom. The van der Waals surface area contributed by atoms with Crippen molar-refractivity contribution in [2.75, 3.05) is 6.61 Å². The first kappa shape index (κ1) is 20.9. The smallest absolute Gasteiger partial charge is 0.330 e. The molecule has 1 fully saturated rings. The molecule has 5 heteroatoms. The Kier molecular flexibility index (Phi) is 8.75. The molecular weight excluding hydrogens is 344 g/mol. The second kappa shape index (κ2) is 11.3. The van der Waals surface area contributed by atoms with E-state index in [0.717, 1.165) is 17.7 Å². The molecule has 0 radical (unpaired) electrons. The first-order chi connectivity index (χ1) is 13.1. The van der Waals surface area contributed by atoms with Crippen LogP contribution >= 0.6 is 0 Å². The quantitative estimate of drug-likeness (QED) is 0.255. The highest BCUT2D eigenvalue weighted by atomic mass is 16.6. The predicted octanol–water partition coefficient (Wildman–Crippen LogP) is 5.47. The molecule has 0 heterocycles. The Hall–Kier alpha value is -2.43. The van der Waals surface area contributed by atoms with Crippen molar-refractivity contribution in [2.45, 2.75) is 64.4 Å². The van der Waals surface area contributed by atoms with Crippen molar-refractivity contribution in [3.8, 4) is 11.5 Å². The number of aliphatic hydroxyl groups excluding tert-OH is 1. The van der Waals surface area contributed by atoms with Gasteiger partial charge in [-0.05, 0) is 56.4 Å². The van der Waals surface area contributed by atoms with Crippen molar-refractivity contribution >= 4 is 5.97 Å². The Balaban J connectivity index is 1.78. The standard InChI is InChI=1S/C22H30O5/c1-3-5-6-7-16-25-18-12-14-20(15-13-18)27-22(24)17-8-10-19(11-9-17)26-21(23)4-2/h4,12-15,19,24H,2-3,5-11,16H2,1H3. The molecule has 0 aromatic heterocycles. The van der Waals surface area contributed by atoms with Gasteiger partial charge in [0, 0.05) is 11.6 Å². The van der Waals surface area contributed by atoms with Gasteiger partial charge in [-0.3, -0.25) is 0 Å². The number of aliphatic hydroxyl groups is 1. The second-order valence-electron chi connectivity index (χ2n) is 6.73. The summed E-state index contributed by atoms with van der Waals surface area (Å²) in [5.41, 5.74) is 0.845. The zero-order valence-electron chi connectivity index (χ0n) is 16.1. The highest BCUT2D eigenvalue weighted by Crippen LogP contribution is 2.29. The average molecular weight is 374 g/mol. The highest BCUT2D eigenvalue weighted by molar-refractivity contribution is 5.81. The number of benzene rings is 1. The molecule has 2 rings (SSSR count). The van der Waals surface area contributed by atoms with Gasteiger partial charge in [0.1, 0.15) is 17.6 Å². The number of allylic oxidation sites excluding steroid dienone is 1. The van der Waals surface area contributed by atoms with E-state index < -0.39 is 5.97 Å². The van der Waals surface area contributed by atoms with E-state index in [-0.39, 0.29) is 12.0 Å². The monoisotopic (exact) mass is 374 g/mol. The number of hydrogen-bond donors (Lipinski definition) is 1. The number of unbranched alkanes of at least 4 members (excludes halogenated alkanes) is 3. The summed E-state index contributed by atoms with van der Waals surface area (Å²) >= 11 is 0. The van der Waals surface area contributed by atoms with Gasteiger partial charge in [-0.1, -0.05) is 32.8 Å². The van der Waals surface area contributed by atoms with Crippen molar-refractivity contribution in [1.29, 1.82) is 0 Å². The van der Waals surface area contributed by atoms with E-state index in [1.54, 1.807) is 12.1 Å². The molecule has 0 atom stereocenters. The van der Waals surface area contributed by atoms with Gasteiger partial charge in [0.15, 0.2) is 0 Å². The third kappa shape index (κ3) is 7.37. The van der Waals surface area contributed by atoms with E-state index in [0.29, 0.717) is 38.0 Å². The third-order valence-corrected chi connectivity index (χ3v) is 4.59. The summed E-state index contributed by atoms with van der Waals surface area (Å²) in [5, 5.41) is 10.2. The lowest BCUT2D eigenvalue weighted by Crippen LogP contribution is -2.21. The van der Waals surface area contributed by atoms with Gasteiger partial charge in [0.25, 0.3) is 5.95 Å². The highest BCUT2D eigenvalue weighted by Gasteiger charge is 2.22. The van der Waals surface area contributed by atoms with Crippen molar-refractivity contribution in [3.63, 3.8) is 0 Å². The van der Waals surface area contributed by atoms with Gasteiger partial charge in [-0.15, -0.1) is 0 Å². The SMILES string of the molecule is C=CC(=O)OC1CCC(=C(O)Oc2ccc(OCCCCCC)cc2)CC1. The van der Waals surface area contributed by atoms with Gasteiger partial charge in [-0.2, -0.15) is 0 Å². The van der Waals surface area contributed by atoms with Crippen molar-refractivity contribution in [1.82, 2.24) is 0 Å². The fourth-order valence-corrected chi connectivity index (χ4v) is 2.99. The van der Waals surface area contributed by atoms with Crippen molar-refractivity contribution < 1.29 is 24.1 Å². The van der Waals surface area contributed by atoms with Gasteiger partial charge in [-0.25, -0.2) is 4.79 Å². The number of carbonyl (C=O) groups excluding carboxylic acids is 1. The van der Waals surface area contributed by atoms with Crippen molar-refractivity contribution in [2.24, 2.45) is 0 Å². The maximum absolute atomic E-state index is 11.2. The van der Waals surface area contributed by atoms with Crippen LogP contribution < -0.4 is 9.47 Å². The van der Waals surface area contributed by atoms with Gasteiger partial charge < -0.3 is 19.3 Å². The Labute approximate surface area is 161 Å². The van der Waals surface area contributed by atoms with E-state index >= 15 is 0 Å². The minimum absolute atomic E-state index is 0.0586. The summed E-state index contributed by atoms with van der Waals surface area (Å²) in [4.78, 5) is 11.2. The summed E-state index contributed by atoms with van der Waals surface area (Å²) < 4.78 is 16.5. The van der Waals surface area contributed by atoms with Crippen LogP contribution in [0.25, 0.3) is 0 Å². The van der Waals surface area contributed by atoms with E-state index in [2.05, 4.69) is 13.5 Å². The van der Waals surface area contributed by atoms with E-state index in [9.17, 15) is 9.90 Å². The Morgan fingerprint density at radius 3 is 2.44 bits per heavy atom. The lowest BCUT2D eigenvalue weighted by molar-refractivity contribution is -0.143. The molecule has 1 N–H and O–H groups in total. The van der Waals surface area contributed by atoms with Crippen LogP contribution in [0.15, 0.2) is 48.4 Å². The van der Waals surface area contributed by atoms with Crippen LogP contribution in [0.5, 0.6) is 11.5 Å². The zero-order valence-corrected chi connectivity index (χ0v) is 16.1. The van der Waals surface area contributed by atoms with Crippen LogP contribution in [-0.4, -0.2) is 23.8 Å². The second-order valence-corrected chi connectivity index (χ2v) is 6.73. The summed E-state index contributed by atoms with van der Waals surface area (Å²) in [5.74, 6) is 0.909. The fourth-order valence-electron chi connectivity index (χ4n) is 2.99. The Bertz CT molecular complexity index is 623. The van der Waals surface area contributed by atoms with Crippen LogP contribution in [0.4, 0.5) is 0 Å². The van der Waals surface area contributed by atoms with Gasteiger partial charge >= 0.3 is 5.97 Å². The molecule has 1 saturated carbocycles. The molecule has 0 unspecified atom stereocenters. The lowest BCUT2D eigenvalue weighted by atomic mass is 9.93. The molecule has 0 saturated heterocycles. The van der Waals surface area contributed by atoms with E-state index in [1.165, 1.54) is 25.3 Å². The minimum Gasteiger partial charge on any atom is -0.494 e. The van der Waals surface area contributed by atoms with Gasteiger partial charge in [0.2, 0.25) is 0 Å². The number of ether oxygens (including phenoxy) is 3. The number of rotatable bonds is 10. The molecule has 27 heavy (non-hydrogen) atoms. The summed E-state index contributed by atoms with van der Waals surface area (Å²) in [6.45, 7) is 6.30. The number of hydrogen-bond acceptors (Lipinski definition) is 5. The van der Waals surface area contributed by atoms with E-state index in [1.807, 2.05) is 12.1 Å². The topological polar surface area (TPSA) is 65.0 Å². The maximum atomic E-state index is 11.2. The number of esters is 1. The molecular formula is C22H30O5. The van der Waals surface area contributed by atoms with Crippen molar-refractivity contribution in [3.05, 3.63) is 48.4 Å². The first-order valence-corrected chi connectivity index (χ1v) is 9.77. The van der Waals surface area contributed by atoms with Gasteiger partial charge in [0.05, 0.1) is 6.61 Å². The Morgan fingerprint density at radius 1 is 1.15 bits per heavy atom. The first-order valence-electron chi connectivity index (χ1n) is 9.77. The largest absolute Gasteiger partial charge is 0.494 e. The predicted molar refractivity (Wildman–Crippen MR) is 105 cm³/mol. The summed E-state index contributed by atoms with van der Waals surface area (Å²) in [6.07, 6.45) is 8.37. The third-order valence-electron chi connectivity index (χ3n) is 4.59. The minimum atomic E-state index is -0.402. The summed E-state index contributed by atoms with van der Waals surface area (Å²) in [7, 11) is 0. The number of carbonyl (C=O) groups is 1. The van der Waals surface area contributed by atoms with Crippen LogP contribution in [0, 0.1) is 0 Å². The van der Waals surface area contributed by atoms with Crippen LogP contribution in [0.1, 0.15) is 58.3 Å². The van der Waals surface area contributed by atoms with Crippen LogP contribution in [0.2, 0.25) is 0 Å². The fraction of sp³-hybridized carbons (Fsp3) is 0.500. The molecule has 1 aromatic rings. The molecule has 148 valence electrons. The van der Waals surface area contributed by atoms with Crippen LogP contribution in [-0.2, 0) is 9.53 Å². The maximum Gasteiger partial charge on any atom is 0.330 e.